The number of rotatable bonds is 4. The fraction of sp³-hybridized carbons (Fsp3) is 0.152. The summed E-state index contributed by atoms with van der Waals surface area (Å²) >= 11 is 0. The molecular formula is C33H33N. The molecule has 1 aliphatic rings. The Bertz CT molecular complexity index is 1390. The molecule has 0 aromatic heterocycles. The maximum absolute atomic E-state index is 4.09. The number of hydrogen-bond acceptors (Lipinski definition) is 1. The second-order valence-electron chi connectivity index (χ2n) is 9.09. The monoisotopic (exact) mass is 443 g/mol. The molecule has 0 unspecified atom stereocenters. The van der Waals surface area contributed by atoms with Crippen molar-refractivity contribution in [2.45, 2.75) is 33.1 Å². The zero-order chi connectivity index (χ0) is 24.3. The van der Waals surface area contributed by atoms with Gasteiger partial charge >= 0.3 is 0 Å². The summed E-state index contributed by atoms with van der Waals surface area (Å²) in [6.07, 6.45) is 5.80. The van der Waals surface area contributed by atoms with E-state index in [1.807, 2.05) is 13.0 Å². The standard InChI is InChI=1S/C30H27N.C3H6/c1-5-23(6-2)31(24-16-15-21-11-7-8-12-22(21)19-24)25-17-18-29-27(20-25)26-13-9-10-14-28(26)30(29,3)4;1-3-2/h5-20H,1H2,2-4H3;3H,1H2,2H3/b23-6+;. The van der Waals surface area contributed by atoms with Crippen LogP contribution in [0.1, 0.15) is 38.8 Å². The Balaban J connectivity index is 0.000000868. The molecule has 0 fully saturated rings. The predicted octanol–water partition coefficient (Wildman–Crippen LogP) is 9.57. The summed E-state index contributed by atoms with van der Waals surface area (Å²) in [6.45, 7) is 16.0. The molecule has 1 aliphatic carbocycles. The van der Waals surface area contributed by atoms with Crippen LogP contribution in [-0.2, 0) is 5.41 Å². The van der Waals surface area contributed by atoms with Gasteiger partial charge in [0.15, 0.2) is 0 Å². The molecule has 4 aromatic carbocycles. The molecule has 0 heterocycles. The normalized spacial score (nSPS) is 13.4. The van der Waals surface area contributed by atoms with Crippen LogP contribution < -0.4 is 4.90 Å². The van der Waals surface area contributed by atoms with Gasteiger partial charge in [-0.2, -0.15) is 0 Å². The fourth-order valence-corrected chi connectivity index (χ4v) is 4.95. The molecule has 4 aromatic rings. The SMILES string of the molecule is C=C/C(=C\C)N(c1ccc2c(c1)-c1ccccc1C2(C)C)c1ccc2ccccc2c1.C=CC. The Morgan fingerprint density at radius 2 is 1.29 bits per heavy atom. The van der Waals surface area contributed by atoms with E-state index < -0.39 is 0 Å². The minimum atomic E-state index is 0.0140. The zero-order valence-corrected chi connectivity index (χ0v) is 20.7. The fourth-order valence-electron chi connectivity index (χ4n) is 4.95. The summed E-state index contributed by atoms with van der Waals surface area (Å²) in [5.74, 6) is 0. The molecule has 0 aliphatic heterocycles. The van der Waals surface area contributed by atoms with Crippen LogP contribution in [0.15, 0.2) is 122 Å². The summed E-state index contributed by atoms with van der Waals surface area (Å²) in [7, 11) is 0. The minimum Gasteiger partial charge on any atom is -0.311 e. The highest BCUT2D eigenvalue weighted by Gasteiger charge is 2.35. The molecule has 0 spiro atoms. The highest BCUT2D eigenvalue weighted by Crippen LogP contribution is 2.50. The van der Waals surface area contributed by atoms with E-state index in [9.17, 15) is 0 Å². The van der Waals surface area contributed by atoms with Crippen LogP contribution in [0.2, 0.25) is 0 Å². The van der Waals surface area contributed by atoms with Gasteiger partial charge in [0.25, 0.3) is 0 Å². The Kier molecular flexibility index (Phi) is 6.56. The van der Waals surface area contributed by atoms with Gasteiger partial charge in [-0.3, -0.25) is 0 Å². The van der Waals surface area contributed by atoms with E-state index in [1.54, 1.807) is 6.08 Å². The topological polar surface area (TPSA) is 3.24 Å². The molecule has 0 atom stereocenters. The van der Waals surface area contributed by atoms with Gasteiger partial charge in [0.2, 0.25) is 0 Å². The smallest absolute Gasteiger partial charge is 0.0467 e. The highest BCUT2D eigenvalue weighted by atomic mass is 15.1. The summed E-state index contributed by atoms with van der Waals surface area (Å²) in [5.41, 5.74) is 8.81. The average Bonchev–Trinajstić information content (AvgIpc) is 3.09. The molecular weight excluding hydrogens is 410 g/mol. The number of benzene rings is 4. The summed E-state index contributed by atoms with van der Waals surface area (Å²) in [4.78, 5) is 2.30. The number of nitrogens with zero attached hydrogens (tertiary/aromatic N) is 1. The van der Waals surface area contributed by atoms with Crippen molar-refractivity contribution < 1.29 is 0 Å². The van der Waals surface area contributed by atoms with Gasteiger partial charge in [-0.25, -0.2) is 0 Å². The van der Waals surface area contributed by atoms with Gasteiger partial charge < -0.3 is 4.90 Å². The van der Waals surface area contributed by atoms with E-state index in [4.69, 9.17) is 0 Å². The van der Waals surface area contributed by atoms with Crippen molar-refractivity contribution in [1.29, 1.82) is 0 Å². The van der Waals surface area contributed by atoms with Crippen molar-refractivity contribution in [3.8, 4) is 11.1 Å². The Labute approximate surface area is 204 Å². The van der Waals surface area contributed by atoms with Crippen LogP contribution in [-0.4, -0.2) is 0 Å². The molecule has 0 radical (unpaired) electrons. The first-order chi connectivity index (χ1) is 16.5. The number of anilines is 2. The minimum absolute atomic E-state index is 0.0140. The van der Waals surface area contributed by atoms with Crippen LogP contribution in [0.3, 0.4) is 0 Å². The first kappa shape index (κ1) is 23.3. The van der Waals surface area contributed by atoms with E-state index >= 15 is 0 Å². The molecule has 5 rings (SSSR count). The second-order valence-corrected chi connectivity index (χ2v) is 9.09. The first-order valence-electron chi connectivity index (χ1n) is 11.9. The van der Waals surface area contributed by atoms with Crippen LogP contribution >= 0.6 is 0 Å². The maximum atomic E-state index is 4.09. The average molecular weight is 444 g/mol. The Morgan fingerprint density at radius 1 is 0.706 bits per heavy atom. The van der Waals surface area contributed by atoms with Crippen LogP contribution in [0.5, 0.6) is 0 Å². The molecule has 1 nitrogen and oxygen atoms in total. The number of hydrogen-bond donors (Lipinski definition) is 0. The van der Waals surface area contributed by atoms with E-state index in [-0.39, 0.29) is 5.41 Å². The molecule has 0 saturated heterocycles. The quantitative estimate of drug-likeness (QED) is 0.224. The van der Waals surface area contributed by atoms with Crippen LogP contribution in [0, 0.1) is 0 Å². The van der Waals surface area contributed by atoms with Crippen LogP contribution in [0.25, 0.3) is 21.9 Å². The van der Waals surface area contributed by atoms with Crippen molar-refractivity contribution in [1.82, 2.24) is 0 Å². The van der Waals surface area contributed by atoms with Crippen molar-refractivity contribution >= 4 is 22.1 Å². The van der Waals surface area contributed by atoms with Crippen molar-refractivity contribution in [2.75, 3.05) is 4.90 Å². The van der Waals surface area contributed by atoms with Gasteiger partial charge in [-0.1, -0.05) is 93.2 Å². The van der Waals surface area contributed by atoms with E-state index in [2.05, 4.69) is 130 Å². The molecule has 0 bridgehead atoms. The predicted molar refractivity (Wildman–Crippen MR) is 150 cm³/mol. The third-order valence-electron chi connectivity index (χ3n) is 6.58. The molecule has 0 saturated carbocycles. The largest absolute Gasteiger partial charge is 0.311 e. The third kappa shape index (κ3) is 3.99. The van der Waals surface area contributed by atoms with Crippen molar-refractivity contribution in [2.24, 2.45) is 0 Å². The zero-order valence-electron chi connectivity index (χ0n) is 20.7. The van der Waals surface area contributed by atoms with Crippen molar-refractivity contribution in [3.05, 3.63) is 133 Å². The lowest BCUT2D eigenvalue weighted by molar-refractivity contribution is 0.660. The number of fused-ring (bicyclic) bond motifs is 4. The second kappa shape index (κ2) is 9.57. The van der Waals surface area contributed by atoms with Gasteiger partial charge in [0, 0.05) is 22.5 Å². The van der Waals surface area contributed by atoms with Crippen LogP contribution in [0.4, 0.5) is 11.4 Å². The van der Waals surface area contributed by atoms with E-state index in [1.165, 1.54) is 33.0 Å². The lowest BCUT2D eigenvalue weighted by atomic mass is 9.82. The number of allylic oxidation sites excluding steroid dienone is 3. The first-order valence-corrected chi connectivity index (χ1v) is 11.9. The lowest BCUT2D eigenvalue weighted by Crippen LogP contribution is -2.17. The van der Waals surface area contributed by atoms with Gasteiger partial charge in [0.1, 0.15) is 0 Å². The molecule has 1 heteroatoms. The highest BCUT2D eigenvalue weighted by molar-refractivity contribution is 5.89. The molecule has 34 heavy (non-hydrogen) atoms. The van der Waals surface area contributed by atoms with E-state index in [0.717, 1.165) is 17.1 Å². The van der Waals surface area contributed by atoms with E-state index in [0.29, 0.717) is 0 Å². The summed E-state index contributed by atoms with van der Waals surface area (Å²) in [6, 6.07) is 30.8. The van der Waals surface area contributed by atoms with Gasteiger partial charge in [-0.15, -0.1) is 6.58 Å². The molecule has 170 valence electrons. The van der Waals surface area contributed by atoms with Gasteiger partial charge in [0.05, 0.1) is 0 Å². The van der Waals surface area contributed by atoms with Gasteiger partial charge in [-0.05, 0) is 77.2 Å². The lowest BCUT2D eigenvalue weighted by Gasteiger charge is -2.28. The third-order valence-corrected chi connectivity index (χ3v) is 6.58. The maximum Gasteiger partial charge on any atom is 0.0467 e. The molecule has 0 amide bonds. The Hall–Kier alpha value is -3.84. The van der Waals surface area contributed by atoms with Crippen molar-refractivity contribution in [3.63, 3.8) is 0 Å². The summed E-state index contributed by atoms with van der Waals surface area (Å²) in [5, 5.41) is 2.48. The summed E-state index contributed by atoms with van der Waals surface area (Å²) < 4.78 is 0. The Morgan fingerprint density at radius 3 is 2.00 bits per heavy atom. The molecule has 0 N–H and O–H groups in total.